The zero-order valence-electron chi connectivity index (χ0n) is 15.6. The van der Waals surface area contributed by atoms with Crippen LogP contribution in [-0.2, 0) is 16.0 Å². The number of amides is 2. The lowest BCUT2D eigenvalue weighted by Gasteiger charge is -2.56. The first kappa shape index (κ1) is 17.5. The summed E-state index contributed by atoms with van der Waals surface area (Å²) in [6, 6.07) is 3.90. The van der Waals surface area contributed by atoms with E-state index in [1.54, 1.807) is 17.3 Å². The predicted molar refractivity (Wildman–Crippen MR) is 99.2 cm³/mol. The average molecular weight is 355 g/mol. The van der Waals surface area contributed by atoms with Crippen LogP contribution in [0.1, 0.15) is 51.0 Å². The molecule has 5 heteroatoms. The van der Waals surface area contributed by atoms with E-state index in [0.717, 1.165) is 49.0 Å². The number of carbonyl (C=O) groups excluding carboxylic acids is 2. The van der Waals surface area contributed by atoms with Crippen LogP contribution in [0.3, 0.4) is 0 Å². The van der Waals surface area contributed by atoms with Crippen LogP contribution in [-0.4, -0.2) is 40.3 Å². The highest BCUT2D eigenvalue weighted by atomic mass is 16.2. The molecule has 5 nitrogen and oxygen atoms in total. The van der Waals surface area contributed by atoms with Gasteiger partial charge in [0.05, 0.1) is 0 Å². The Labute approximate surface area is 155 Å². The van der Waals surface area contributed by atoms with Crippen LogP contribution >= 0.6 is 0 Å². The molecule has 0 saturated heterocycles. The van der Waals surface area contributed by atoms with Crippen LogP contribution < -0.4 is 5.32 Å². The number of carbonyl (C=O) groups is 2. The fourth-order valence-electron chi connectivity index (χ4n) is 5.92. The van der Waals surface area contributed by atoms with Crippen molar-refractivity contribution in [2.45, 2.75) is 57.4 Å². The Morgan fingerprint density at radius 3 is 2.23 bits per heavy atom. The van der Waals surface area contributed by atoms with Crippen LogP contribution in [0.4, 0.5) is 0 Å². The number of aromatic nitrogens is 1. The van der Waals surface area contributed by atoms with Gasteiger partial charge in [-0.1, -0.05) is 0 Å². The summed E-state index contributed by atoms with van der Waals surface area (Å²) in [5.41, 5.74) is 1.03. The molecule has 0 unspecified atom stereocenters. The zero-order valence-corrected chi connectivity index (χ0v) is 15.6. The SMILES string of the molecule is CCN(CCc1ccncc1)C(=O)C(=O)NC12CC3CC(CC(C3)C1)C2. The molecule has 1 heterocycles. The monoisotopic (exact) mass is 355 g/mol. The fourth-order valence-corrected chi connectivity index (χ4v) is 5.92. The standard InChI is InChI=1S/C21H29N3O2/c1-2-24(8-5-15-3-6-22-7-4-15)20(26)19(25)23-21-12-16-9-17(13-21)11-18(10-16)14-21/h3-4,6-7,16-18H,2,5,8-14H2,1H3,(H,23,25). The largest absolute Gasteiger partial charge is 0.342 e. The zero-order chi connectivity index (χ0) is 18.1. The Kier molecular flexibility index (Phi) is 4.72. The van der Waals surface area contributed by atoms with Crippen LogP contribution in [0.15, 0.2) is 24.5 Å². The smallest absolute Gasteiger partial charge is 0.311 e. The minimum absolute atomic E-state index is 0.105. The molecule has 5 rings (SSSR count). The normalized spacial score (nSPS) is 31.7. The molecule has 4 aliphatic carbocycles. The second-order valence-corrected chi connectivity index (χ2v) is 8.64. The topological polar surface area (TPSA) is 62.3 Å². The van der Waals surface area contributed by atoms with Crippen molar-refractivity contribution in [1.82, 2.24) is 15.2 Å². The van der Waals surface area contributed by atoms with Crippen LogP contribution in [0.5, 0.6) is 0 Å². The second-order valence-electron chi connectivity index (χ2n) is 8.64. The molecule has 2 amide bonds. The maximum absolute atomic E-state index is 12.7. The molecule has 4 bridgehead atoms. The van der Waals surface area contributed by atoms with E-state index in [-0.39, 0.29) is 11.4 Å². The average Bonchev–Trinajstić information content (AvgIpc) is 2.61. The molecule has 1 aromatic rings. The van der Waals surface area contributed by atoms with E-state index in [1.807, 2.05) is 19.1 Å². The first-order valence-corrected chi connectivity index (χ1v) is 10.1. The summed E-state index contributed by atoms with van der Waals surface area (Å²) >= 11 is 0. The van der Waals surface area contributed by atoms with Gasteiger partial charge in [-0.2, -0.15) is 0 Å². The third-order valence-electron chi connectivity index (χ3n) is 6.70. The molecule has 140 valence electrons. The van der Waals surface area contributed by atoms with E-state index in [0.29, 0.717) is 13.1 Å². The van der Waals surface area contributed by atoms with Gasteiger partial charge in [0.25, 0.3) is 0 Å². The van der Waals surface area contributed by atoms with Gasteiger partial charge < -0.3 is 10.2 Å². The summed E-state index contributed by atoms with van der Waals surface area (Å²) in [4.78, 5) is 31.1. The first-order chi connectivity index (χ1) is 12.6. The molecule has 1 aromatic heterocycles. The van der Waals surface area contributed by atoms with Crippen molar-refractivity contribution in [2.24, 2.45) is 17.8 Å². The highest BCUT2D eigenvalue weighted by Crippen LogP contribution is 2.55. The van der Waals surface area contributed by atoms with Crippen LogP contribution in [0, 0.1) is 17.8 Å². The molecule has 1 N–H and O–H groups in total. The molecule has 0 aromatic carbocycles. The van der Waals surface area contributed by atoms with Crippen molar-refractivity contribution in [3.8, 4) is 0 Å². The van der Waals surface area contributed by atoms with Crippen molar-refractivity contribution >= 4 is 11.8 Å². The lowest BCUT2D eigenvalue weighted by Crippen LogP contribution is -2.62. The lowest BCUT2D eigenvalue weighted by atomic mass is 9.53. The number of rotatable bonds is 5. The summed E-state index contributed by atoms with van der Waals surface area (Å²) in [6.45, 7) is 3.05. The maximum atomic E-state index is 12.7. The summed E-state index contributed by atoms with van der Waals surface area (Å²) < 4.78 is 0. The molecule has 0 aliphatic heterocycles. The molecular formula is C21H29N3O2. The van der Waals surface area contributed by atoms with Gasteiger partial charge in [0.2, 0.25) is 0 Å². The van der Waals surface area contributed by atoms with E-state index in [4.69, 9.17) is 0 Å². The van der Waals surface area contributed by atoms with E-state index < -0.39 is 5.91 Å². The third-order valence-corrected chi connectivity index (χ3v) is 6.70. The molecule has 26 heavy (non-hydrogen) atoms. The summed E-state index contributed by atoms with van der Waals surface area (Å²) in [5, 5.41) is 3.20. The molecule has 4 saturated carbocycles. The molecular weight excluding hydrogens is 326 g/mol. The Balaban J connectivity index is 1.36. The van der Waals surface area contributed by atoms with Gasteiger partial charge in [0.1, 0.15) is 0 Å². The summed E-state index contributed by atoms with van der Waals surface area (Å²) in [6.07, 6.45) is 11.5. The molecule has 0 spiro atoms. The second kappa shape index (κ2) is 7.01. The Hall–Kier alpha value is -1.91. The predicted octanol–water partition coefficient (Wildman–Crippen LogP) is 2.56. The number of hydrogen-bond acceptors (Lipinski definition) is 3. The van der Waals surface area contributed by atoms with E-state index in [9.17, 15) is 9.59 Å². The molecule has 4 aliphatic rings. The fraction of sp³-hybridized carbons (Fsp3) is 0.667. The minimum Gasteiger partial charge on any atom is -0.342 e. The van der Waals surface area contributed by atoms with Gasteiger partial charge in [0, 0.05) is 31.0 Å². The van der Waals surface area contributed by atoms with Crippen molar-refractivity contribution < 1.29 is 9.59 Å². The maximum Gasteiger partial charge on any atom is 0.311 e. The van der Waals surface area contributed by atoms with Crippen molar-refractivity contribution in [3.05, 3.63) is 30.1 Å². The van der Waals surface area contributed by atoms with Gasteiger partial charge >= 0.3 is 11.8 Å². The number of pyridine rings is 1. The molecule has 0 radical (unpaired) electrons. The number of hydrogen-bond donors (Lipinski definition) is 1. The number of nitrogens with one attached hydrogen (secondary N) is 1. The first-order valence-electron chi connectivity index (χ1n) is 10.1. The summed E-state index contributed by atoms with van der Waals surface area (Å²) in [5.74, 6) is 1.49. The van der Waals surface area contributed by atoms with Gasteiger partial charge in [0.15, 0.2) is 0 Å². The lowest BCUT2D eigenvalue weighted by molar-refractivity contribution is -0.148. The highest BCUT2D eigenvalue weighted by molar-refractivity contribution is 6.35. The van der Waals surface area contributed by atoms with Gasteiger partial charge in [-0.3, -0.25) is 14.6 Å². The number of likely N-dealkylation sites (N-methyl/N-ethyl adjacent to an activating group) is 1. The highest BCUT2D eigenvalue weighted by Gasteiger charge is 2.52. The summed E-state index contributed by atoms with van der Waals surface area (Å²) in [7, 11) is 0. The van der Waals surface area contributed by atoms with E-state index >= 15 is 0 Å². The van der Waals surface area contributed by atoms with Crippen molar-refractivity contribution in [3.63, 3.8) is 0 Å². The Morgan fingerprint density at radius 1 is 1.12 bits per heavy atom. The third kappa shape index (κ3) is 3.49. The van der Waals surface area contributed by atoms with Gasteiger partial charge in [-0.25, -0.2) is 0 Å². The minimum atomic E-state index is -0.400. The van der Waals surface area contributed by atoms with Gasteiger partial charge in [-0.15, -0.1) is 0 Å². The van der Waals surface area contributed by atoms with E-state index in [2.05, 4.69) is 10.3 Å². The van der Waals surface area contributed by atoms with Gasteiger partial charge in [-0.05, 0) is 87.3 Å². The van der Waals surface area contributed by atoms with Crippen molar-refractivity contribution in [2.75, 3.05) is 13.1 Å². The van der Waals surface area contributed by atoms with Crippen LogP contribution in [0.25, 0.3) is 0 Å². The van der Waals surface area contributed by atoms with Crippen LogP contribution in [0.2, 0.25) is 0 Å². The van der Waals surface area contributed by atoms with E-state index in [1.165, 1.54) is 19.3 Å². The molecule has 0 atom stereocenters. The number of nitrogens with zero attached hydrogens (tertiary/aromatic N) is 2. The molecule has 4 fully saturated rings. The van der Waals surface area contributed by atoms with Crippen molar-refractivity contribution in [1.29, 1.82) is 0 Å². The quantitative estimate of drug-likeness (QED) is 0.826. The Bertz CT molecular complexity index is 638. The Morgan fingerprint density at radius 2 is 1.69 bits per heavy atom.